The zero-order valence-electron chi connectivity index (χ0n) is 17.6. The lowest BCUT2D eigenvalue weighted by Crippen LogP contribution is -2.41. The molecule has 0 bridgehead atoms. The number of carbonyl (C=O) groups excluding carboxylic acids is 1. The number of pyridine rings is 1. The lowest BCUT2D eigenvalue weighted by atomic mass is 10.1. The third kappa shape index (κ3) is 5.67. The standard InChI is InChI=1S/C25H26FN3O2/c1-18-17-29(11-12-31-18)24-9-6-20(7-10-24)21-5-8-23(27-16-21)14-25(30)28-15-19-3-2-4-22(26)13-19/h2-10,13,16,18H,11-12,14-15,17H2,1H3,(H,28,30). The van der Waals surface area contributed by atoms with Crippen LogP contribution >= 0.6 is 0 Å². The second-order valence-electron chi connectivity index (χ2n) is 7.80. The molecule has 0 saturated carbocycles. The molecule has 1 unspecified atom stereocenters. The van der Waals surface area contributed by atoms with Gasteiger partial charge in [0.05, 0.1) is 19.1 Å². The number of morpholine rings is 1. The topological polar surface area (TPSA) is 54.5 Å². The van der Waals surface area contributed by atoms with Crippen LogP contribution in [0.2, 0.25) is 0 Å². The van der Waals surface area contributed by atoms with Crippen molar-refractivity contribution < 1.29 is 13.9 Å². The Bertz CT molecular complexity index is 1020. The monoisotopic (exact) mass is 419 g/mol. The van der Waals surface area contributed by atoms with E-state index in [1.807, 2.05) is 12.1 Å². The van der Waals surface area contributed by atoms with Gasteiger partial charge in [-0.15, -0.1) is 0 Å². The number of benzene rings is 2. The number of amides is 1. The summed E-state index contributed by atoms with van der Waals surface area (Å²) >= 11 is 0. The first-order valence-corrected chi connectivity index (χ1v) is 10.5. The summed E-state index contributed by atoms with van der Waals surface area (Å²) in [6, 6.07) is 18.5. The molecule has 1 aliphatic rings. The number of hydrogen-bond donors (Lipinski definition) is 1. The number of carbonyl (C=O) groups is 1. The fourth-order valence-electron chi connectivity index (χ4n) is 3.69. The maximum atomic E-state index is 13.2. The molecule has 1 fully saturated rings. The van der Waals surface area contributed by atoms with E-state index in [0.29, 0.717) is 12.2 Å². The highest BCUT2D eigenvalue weighted by atomic mass is 19.1. The first-order chi connectivity index (χ1) is 15.1. The van der Waals surface area contributed by atoms with Gasteiger partial charge in [-0.1, -0.05) is 30.3 Å². The number of halogens is 1. The Morgan fingerprint density at radius 2 is 1.97 bits per heavy atom. The Morgan fingerprint density at radius 1 is 1.16 bits per heavy atom. The van der Waals surface area contributed by atoms with Gasteiger partial charge in [0.15, 0.2) is 0 Å². The van der Waals surface area contributed by atoms with Gasteiger partial charge >= 0.3 is 0 Å². The molecule has 4 rings (SSSR count). The molecule has 1 saturated heterocycles. The highest BCUT2D eigenvalue weighted by Gasteiger charge is 2.16. The summed E-state index contributed by atoms with van der Waals surface area (Å²) in [5.74, 6) is -0.454. The molecule has 6 heteroatoms. The summed E-state index contributed by atoms with van der Waals surface area (Å²) in [7, 11) is 0. The van der Waals surface area contributed by atoms with Gasteiger partial charge in [0.1, 0.15) is 5.82 Å². The first kappa shape index (κ1) is 21.0. The molecule has 160 valence electrons. The predicted molar refractivity (Wildman–Crippen MR) is 119 cm³/mol. The predicted octanol–water partition coefficient (Wildman–Crippen LogP) is 3.97. The molecule has 1 N–H and O–H groups in total. The minimum atomic E-state index is -0.309. The van der Waals surface area contributed by atoms with E-state index in [1.165, 1.54) is 17.8 Å². The van der Waals surface area contributed by atoms with E-state index in [0.717, 1.165) is 36.4 Å². The number of anilines is 1. The fraction of sp³-hybridized carbons (Fsp3) is 0.280. The van der Waals surface area contributed by atoms with Crippen LogP contribution < -0.4 is 10.2 Å². The first-order valence-electron chi connectivity index (χ1n) is 10.5. The second kappa shape index (κ2) is 9.71. The maximum Gasteiger partial charge on any atom is 0.226 e. The SMILES string of the molecule is CC1CN(c2ccc(-c3ccc(CC(=O)NCc4cccc(F)c4)nc3)cc2)CCO1. The van der Waals surface area contributed by atoms with Crippen molar-refractivity contribution in [3.8, 4) is 11.1 Å². The number of hydrogen-bond acceptors (Lipinski definition) is 4. The van der Waals surface area contributed by atoms with Gasteiger partial charge in [-0.05, 0) is 48.4 Å². The van der Waals surface area contributed by atoms with Crippen molar-refractivity contribution in [2.24, 2.45) is 0 Å². The lowest BCUT2D eigenvalue weighted by molar-refractivity contribution is -0.120. The van der Waals surface area contributed by atoms with Gasteiger partial charge in [-0.25, -0.2) is 4.39 Å². The van der Waals surface area contributed by atoms with Crippen LogP contribution in [0.3, 0.4) is 0 Å². The van der Waals surface area contributed by atoms with Crippen LogP contribution in [-0.4, -0.2) is 36.7 Å². The van der Waals surface area contributed by atoms with Crippen molar-refractivity contribution in [3.63, 3.8) is 0 Å². The van der Waals surface area contributed by atoms with Crippen LogP contribution in [0.5, 0.6) is 0 Å². The lowest BCUT2D eigenvalue weighted by Gasteiger charge is -2.33. The number of nitrogens with one attached hydrogen (secondary N) is 1. The third-order valence-electron chi connectivity index (χ3n) is 5.35. The van der Waals surface area contributed by atoms with Gasteiger partial charge < -0.3 is 15.0 Å². The van der Waals surface area contributed by atoms with E-state index in [1.54, 1.807) is 18.3 Å². The van der Waals surface area contributed by atoms with Gasteiger partial charge in [0.25, 0.3) is 0 Å². The molecule has 1 aliphatic heterocycles. The molecule has 31 heavy (non-hydrogen) atoms. The van der Waals surface area contributed by atoms with E-state index < -0.39 is 0 Å². The van der Waals surface area contributed by atoms with E-state index in [-0.39, 0.29) is 24.2 Å². The molecule has 2 aromatic carbocycles. The van der Waals surface area contributed by atoms with Gasteiger partial charge in [0.2, 0.25) is 5.91 Å². The molecule has 0 spiro atoms. The van der Waals surface area contributed by atoms with Crippen LogP contribution in [0.4, 0.5) is 10.1 Å². The highest BCUT2D eigenvalue weighted by molar-refractivity contribution is 5.78. The summed E-state index contributed by atoms with van der Waals surface area (Å²) in [5, 5.41) is 2.80. The third-order valence-corrected chi connectivity index (χ3v) is 5.35. The minimum absolute atomic E-state index is 0.145. The Hall–Kier alpha value is -3.25. The molecular formula is C25H26FN3O2. The number of ether oxygens (including phenoxy) is 1. The smallest absolute Gasteiger partial charge is 0.226 e. The molecular weight excluding hydrogens is 393 g/mol. The highest BCUT2D eigenvalue weighted by Crippen LogP contribution is 2.24. The Labute approximate surface area is 181 Å². The van der Waals surface area contributed by atoms with E-state index in [2.05, 4.69) is 46.4 Å². The summed E-state index contributed by atoms with van der Waals surface area (Å²) < 4.78 is 18.8. The summed E-state index contributed by atoms with van der Waals surface area (Å²) in [4.78, 5) is 19.0. The molecule has 1 aromatic heterocycles. The quantitative estimate of drug-likeness (QED) is 0.657. The van der Waals surface area contributed by atoms with Crippen LogP contribution in [0.1, 0.15) is 18.2 Å². The van der Waals surface area contributed by atoms with E-state index >= 15 is 0 Å². The number of rotatable bonds is 6. The van der Waals surface area contributed by atoms with Crippen LogP contribution in [-0.2, 0) is 22.5 Å². The number of nitrogens with zero attached hydrogens (tertiary/aromatic N) is 2. The van der Waals surface area contributed by atoms with Crippen LogP contribution in [0, 0.1) is 5.82 Å². The van der Waals surface area contributed by atoms with Crippen molar-refractivity contribution in [3.05, 3.63) is 83.9 Å². The van der Waals surface area contributed by atoms with E-state index in [9.17, 15) is 9.18 Å². The normalized spacial score (nSPS) is 16.2. The van der Waals surface area contributed by atoms with Crippen LogP contribution in [0.25, 0.3) is 11.1 Å². The molecule has 1 amide bonds. The van der Waals surface area contributed by atoms with Crippen molar-refractivity contribution >= 4 is 11.6 Å². The van der Waals surface area contributed by atoms with Crippen molar-refractivity contribution in [1.29, 1.82) is 0 Å². The van der Waals surface area contributed by atoms with Crippen molar-refractivity contribution in [2.75, 3.05) is 24.6 Å². The van der Waals surface area contributed by atoms with Gasteiger partial charge in [-0.2, -0.15) is 0 Å². The molecule has 2 heterocycles. The molecule has 5 nitrogen and oxygen atoms in total. The van der Waals surface area contributed by atoms with Crippen molar-refractivity contribution in [2.45, 2.75) is 26.0 Å². The molecule has 0 aliphatic carbocycles. The van der Waals surface area contributed by atoms with Crippen LogP contribution in [0.15, 0.2) is 66.9 Å². The summed E-state index contributed by atoms with van der Waals surface area (Å²) in [5.41, 5.74) is 4.70. The Kier molecular flexibility index (Phi) is 6.57. The molecule has 3 aromatic rings. The zero-order valence-corrected chi connectivity index (χ0v) is 17.6. The molecule has 1 atom stereocenters. The zero-order chi connectivity index (χ0) is 21.6. The summed E-state index contributed by atoms with van der Waals surface area (Å²) in [6.45, 7) is 4.95. The minimum Gasteiger partial charge on any atom is -0.375 e. The summed E-state index contributed by atoms with van der Waals surface area (Å²) in [6.07, 6.45) is 2.22. The maximum absolute atomic E-state index is 13.2. The fourth-order valence-corrected chi connectivity index (χ4v) is 3.69. The number of aromatic nitrogens is 1. The average molecular weight is 420 g/mol. The average Bonchev–Trinajstić information content (AvgIpc) is 2.78. The van der Waals surface area contributed by atoms with E-state index in [4.69, 9.17) is 4.74 Å². The van der Waals surface area contributed by atoms with Gasteiger partial charge in [0, 0.05) is 42.8 Å². The Balaban J connectivity index is 1.33. The second-order valence-corrected chi connectivity index (χ2v) is 7.80. The van der Waals surface area contributed by atoms with Crippen molar-refractivity contribution in [1.82, 2.24) is 10.3 Å². The molecule has 0 radical (unpaired) electrons. The largest absolute Gasteiger partial charge is 0.375 e. The van der Waals surface area contributed by atoms with Gasteiger partial charge in [-0.3, -0.25) is 9.78 Å². The Morgan fingerprint density at radius 3 is 2.68 bits per heavy atom.